The number of hydrogen-bond acceptors (Lipinski definition) is 3. The topological polar surface area (TPSA) is 53.6 Å². The number of nitrogens with one attached hydrogen (secondary N) is 2. The van der Waals surface area contributed by atoms with Gasteiger partial charge in [-0.3, -0.25) is 4.90 Å². The summed E-state index contributed by atoms with van der Waals surface area (Å²) in [7, 11) is 1.67. The van der Waals surface area contributed by atoms with Gasteiger partial charge in [-0.25, -0.2) is 4.79 Å². The third-order valence-corrected chi connectivity index (χ3v) is 5.58. The largest absolute Gasteiger partial charge is 0.497 e. The van der Waals surface area contributed by atoms with Crippen molar-refractivity contribution in [2.45, 2.75) is 18.9 Å². The Hall–Kier alpha value is -3.05. The van der Waals surface area contributed by atoms with Gasteiger partial charge in [0.1, 0.15) is 5.75 Å². The maximum absolute atomic E-state index is 12.6. The summed E-state index contributed by atoms with van der Waals surface area (Å²) in [5.74, 6) is 0.843. The van der Waals surface area contributed by atoms with Gasteiger partial charge in [-0.15, -0.1) is 0 Å². The Kier molecular flexibility index (Phi) is 5.96. The Morgan fingerprint density at radius 3 is 2.48 bits per heavy atom. The summed E-state index contributed by atoms with van der Waals surface area (Å²) in [5, 5.41) is 8.24. The molecule has 3 aromatic rings. The molecule has 1 unspecified atom stereocenters. The molecule has 2 amide bonds. The lowest BCUT2D eigenvalue weighted by Crippen LogP contribution is -2.38. The Labute approximate surface area is 171 Å². The van der Waals surface area contributed by atoms with Crippen molar-refractivity contribution in [1.82, 2.24) is 10.2 Å². The second-order valence-electron chi connectivity index (χ2n) is 7.39. The fraction of sp³-hybridized carbons (Fsp3) is 0.292. The molecule has 0 radical (unpaired) electrons. The Balaban J connectivity index is 1.45. The molecule has 2 N–H and O–H groups in total. The number of fused-ring (bicyclic) bond motifs is 1. The molecule has 1 heterocycles. The summed E-state index contributed by atoms with van der Waals surface area (Å²) in [6, 6.07) is 22.1. The third-order valence-electron chi connectivity index (χ3n) is 5.58. The zero-order valence-corrected chi connectivity index (χ0v) is 16.7. The number of carbonyl (C=O) groups is 1. The van der Waals surface area contributed by atoms with E-state index in [-0.39, 0.29) is 12.1 Å². The molecule has 0 bridgehead atoms. The average molecular weight is 389 g/mol. The zero-order valence-electron chi connectivity index (χ0n) is 16.7. The molecule has 3 aromatic carbocycles. The predicted molar refractivity (Wildman–Crippen MR) is 118 cm³/mol. The first-order valence-corrected chi connectivity index (χ1v) is 10.2. The standard InChI is InChI=1S/C24H27N3O2/c1-29-20-13-11-19(12-14-20)23(27-15-4-5-16-27)17-25-24(28)26-22-10-6-8-18-7-2-3-9-21(18)22/h2-3,6-14,23H,4-5,15-17H2,1H3,(H2,25,26,28). The molecular formula is C24H27N3O2. The highest BCUT2D eigenvalue weighted by atomic mass is 16.5. The van der Waals surface area contributed by atoms with Gasteiger partial charge in [0.15, 0.2) is 0 Å². The SMILES string of the molecule is COc1ccc(C(CNC(=O)Nc2cccc3ccccc23)N2CCCC2)cc1. The number of anilines is 1. The second-order valence-corrected chi connectivity index (χ2v) is 7.39. The van der Waals surface area contributed by atoms with Crippen molar-refractivity contribution < 1.29 is 9.53 Å². The lowest BCUT2D eigenvalue weighted by atomic mass is 10.1. The number of urea groups is 1. The van der Waals surface area contributed by atoms with Crippen molar-refractivity contribution in [2.75, 3.05) is 32.1 Å². The maximum Gasteiger partial charge on any atom is 0.319 e. The fourth-order valence-electron chi connectivity index (χ4n) is 4.03. The lowest BCUT2D eigenvalue weighted by Gasteiger charge is -2.28. The fourth-order valence-corrected chi connectivity index (χ4v) is 4.03. The minimum atomic E-state index is -0.181. The van der Waals surface area contributed by atoms with Crippen LogP contribution in [0.15, 0.2) is 66.7 Å². The first kappa shape index (κ1) is 19.3. The number of likely N-dealkylation sites (tertiary alicyclic amines) is 1. The molecule has 5 nitrogen and oxygen atoms in total. The number of benzene rings is 3. The minimum Gasteiger partial charge on any atom is -0.497 e. The normalized spacial score (nSPS) is 15.2. The van der Waals surface area contributed by atoms with E-state index in [0.29, 0.717) is 6.54 Å². The minimum absolute atomic E-state index is 0.154. The van der Waals surface area contributed by atoms with Gasteiger partial charge in [-0.1, -0.05) is 48.5 Å². The van der Waals surface area contributed by atoms with E-state index in [1.165, 1.54) is 18.4 Å². The van der Waals surface area contributed by atoms with Crippen LogP contribution in [0.25, 0.3) is 10.8 Å². The number of hydrogen-bond donors (Lipinski definition) is 2. The van der Waals surface area contributed by atoms with E-state index < -0.39 is 0 Å². The highest BCUT2D eigenvalue weighted by molar-refractivity contribution is 6.01. The monoisotopic (exact) mass is 389 g/mol. The van der Waals surface area contributed by atoms with E-state index in [4.69, 9.17) is 4.74 Å². The zero-order chi connectivity index (χ0) is 20.1. The van der Waals surface area contributed by atoms with Crippen molar-refractivity contribution in [2.24, 2.45) is 0 Å². The van der Waals surface area contributed by atoms with Crippen LogP contribution in [0.2, 0.25) is 0 Å². The summed E-state index contributed by atoms with van der Waals surface area (Å²) in [6.45, 7) is 2.68. The van der Waals surface area contributed by atoms with Crippen LogP contribution in [0.1, 0.15) is 24.4 Å². The number of methoxy groups -OCH3 is 1. The number of nitrogens with zero attached hydrogens (tertiary/aromatic N) is 1. The highest BCUT2D eigenvalue weighted by Gasteiger charge is 2.24. The maximum atomic E-state index is 12.6. The van der Waals surface area contributed by atoms with Crippen molar-refractivity contribution in [3.63, 3.8) is 0 Å². The molecule has 1 saturated heterocycles. The van der Waals surface area contributed by atoms with Crippen LogP contribution in [0.5, 0.6) is 5.75 Å². The summed E-state index contributed by atoms with van der Waals surface area (Å²) in [5.41, 5.74) is 2.01. The lowest BCUT2D eigenvalue weighted by molar-refractivity contribution is 0.227. The van der Waals surface area contributed by atoms with Crippen molar-refractivity contribution in [3.8, 4) is 5.75 Å². The van der Waals surface area contributed by atoms with Crippen LogP contribution >= 0.6 is 0 Å². The smallest absolute Gasteiger partial charge is 0.319 e. The predicted octanol–water partition coefficient (Wildman–Crippen LogP) is 4.81. The number of carbonyl (C=O) groups excluding carboxylic acids is 1. The number of rotatable bonds is 6. The number of ether oxygens (including phenoxy) is 1. The Morgan fingerprint density at radius 2 is 1.72 bits per heavy atom. The van der Waals surface area contributed by atoms with Gasteiger partial charge >= 0.3 is 6.03 Å². The van der Waals surface area contributed by atoms with E-state index >= 15 is 0 Å². The molecule has 0 spiro atoms. The number of amides is 2. The van der Waals surface area contributed by atoms with Gasteiger partial charge in [0, 0.05) is 11.9 Å². The van der Waals surface area contributed by atoms with E-state index in [1.807, 2.05) is 54.6 Å². The molecule has 0 aromatic heterocycles. The summed E-state index contributed by atoms with van der Waals surface area (Å²) < 4.78 is 5.28. The molecule has 1 atom stereocenters. The van der Waals surface area contributed by atoms with E-state index in [2.05, 4.69) is 27.7 Å². The van der Waals surface area contributed by atoms with Crippen LogP contribution in [0.3, 0.4) is 0 Å². The van der Waals surface area contributed by atoms with E-state index in [9.17, 15) is 4.79 Å². The molecule has 1 aliphatic rings. The van der Waals surface area contributed by atoms with Crippen molar-refractivity contribution in [3.05, 3.63) is 72.3 Å². The quantitative estimate of drug-likeness (QED) is 0.636. The molecule has 1 fully saturated rings. The first-order valence-electron chi connectivity index (χ1n) is 10.2. The molecular weight excluding hydrogens is 362 g/mol. The van der Waals surface area contributed by atoms with E-state index in [0.717, 1.165) is 35.3 Å². The van der Waals surface area contributed by atoms with Gasteiger partial charge in [-0.2, -0.15) is 0 Å². The molecule has 0 saturated carbocycles. The van der Waals surface area contributed by atoms with Crippen LogP contribution in [-0.2, 0) is 0 Å². The summed E-state index contributed by atoms with van der Waals surface area (Å²) >= 11 is 0. The Bertz CT molecular complexity index is 960. The van der Waals surface area contributed by atoms with Crippen molar-refractivity contribution >= 4 is 22.5 Å². The third kappa shape index (κ3) is 4.51. The summed E-state index contributed by atoms with van der Waals surface area (Å²) in [4.78, 5) is 15.1. The highest BCUT2D eigenvalue weighted by Crippen LogP contribution is 2.27. The van der Waals surface area contributed by atoms with Crippen LogP contribution < -0.4 is 15.4 Å². The molecule has 150 valence electrons. The van der Waals surface area contributed by atoms with Gasteiger partial charge in [0.25, 0.3) is 0 Å². The summed E-state index contributed by atoms with van der Waals surface area (Å²) in [6.07, 6.45) is 2.41. The van der Waals surface area contributed by atoms with Gasteiger partial charge < -0.3 is 15.4 Å². The van der Waals surface area contributed by atoms with Crippen LogP contribution in [0.4, 0.5) is 10.5 Å². The molecule has 1 aliphatic heterocycles. The molecule has 5 heteroatoms. The average Bonchev–Trinajstić information content (AvgIpc) is 3.29. The van der Waals surface area contributed by atoms with Gasteiger partial charge in [0.05, 0.1) is 18.8 Å². The molecule has 29 heavy (non-hydrogen) atoms. The van der Waals surface area contributed by atoms with Crippen molar-refractivity contribution in [1.29, 1.82) is 0 Å². The van der Waals surface area contributed by atoms with Crippen LogP contribution in [0, 0.1) is 0 Å². The van der Waals surface area contributed by atoms with E-state index in [1.54, 1.807) is 7.11 Å². The Morgan fingerprint density at radius 1 is 1.00 bits per heavy atom. The molecule has 4 rings (SSSR count). The van der Waals surface area contributed by atoms with Gasteiger partial charge in [0.2, 0.25) is 0 Å². The first-order chi connectivity index (χ1) is 14.2. The second kappa shape index (κ2) is 8.97. The molecule has 0 aliphatic carbocycles. The van der Waals surface area contributed by atoms with Gasteiger partial charge in [-0.05, 0) is 55.1 Å². The van der Waals surface area contributed by atoms with Crippen LogP contribution in [-0.4, -0.2) is 37.7 Å².